The Morgan fingerprint density at radius 1 is 1.19 bits per heavy atom. The first-order valence-corrected chi connectivity index (χ1v) is 16.7. The van der Waals surface area contributed by atoms with Crippen LogP contribution in [0.2, 0.25) is 0 Å². The molecule has 4 aromatic rings. The third-order valence-corrected chi connectivity index (χ3v) is 9.72. The first-order chi connectivity index (χ1) is 23.3. The number of aryl methyl sites for hydroxylation is 2. The van der Waals surface area contributed by atoms with Crippen molar-refractivity contribution in [1.82, 2.24) is 29.3 Å². The summed E-state index contributed by atoms with van der Waals surface area (Å²) in [5, 5.41) is 4.38. The average molecular weight is 666 g/mol. The third kappa shape index (κ3) is 6.37. The molecule has 12 nitrogen and oxygen atoms in total. The molecule has 248 valence electrons. The van der Waals surface area contributed by atoms with Gasteiger partial charge in [-0.25, -0.2) is 19.9 Å². The van der Waals surface area contributed by atoms with E-state index in [1.54, 1.807) is 6.08 Å². The lowest BCUT2D eigenvalue weighted by Gasteiger charge is -2.39. The molecule has 3 aliphatic heterocycles. The van der Waals surface area contributed by atoms with Gasteiger partial charge in [0.05, 0.1) is 11.6 Å². The lowest BCUT2D eigenvalue weighted by Crippen LogP contribution is -2.56. The van der Waals surface area contributed by atoms with Gasteiger partial charge in [-0.2, -0.15) is 0 Å². The number of carbonyl (C=O) groups is 1. The number of likely N-dealkylation sites (tertiary alicyclic amines) is 1. The van der Waals surface area contributed by atoms with Crippen molar-refractivity contribution in [3.05, 3.63) is 78.8 Å². The maximum atomic E-state index is 13.3. The van der Waals surface area contributed by atoms with E-state index in [1.807, 2.05) is 60.0 Å². The summed E-state index contributed by atoms with van der Waals surface area (Å²) in [6.07, 6.45) is 11.0. The lowest BCUT2D eigenvalue weighted by atomic mass is 10.1. The molecule has 2 bridgehead atoms. The molecular weight excluding hydrogens is 625 g/mol. The standard InChI is InChI=1S/C35H40N9O3P/c1-5-36-31-16-25(10-12-42(31)4)47-28-18-30(48)26(15-22(28)2)39-34-33-27(37-21-38-34)17-29-35(40-33)43-13-14-44(24(19-43)20-46-29)32(45)9-8-23-7-6-11-41(23)3/h5,8-10,12,15-18,21,23-24H,1,6-7,11,13-14,19-20,48H2,2-4H3,(H,37,38,39)/b9-8+,36-31?. The molecule has 0 spiro atoms. The van der Waals surface area contributed by atoms with E-state index >= 15 is 0 Å². The van der Waals surface area contributed by atoms with E-state index in [2.05, 4.69) is 59.0 Å². The van der Waals surface area contributed by atoms with Gasteiger partial charge in [0, 0.05) is 69.0 Å². The molecule has 2 fully saturated rings. The van der Waals surface area contributed by atoms with Crippen LogP contribution in [0.1, 0.15) is 18.4 Å². The minimum Gasteiger partial charge on any atom is -0.487 e. The van der Waals surface area contributed by atoms with Gasteiger partial charge in [-0.1, -0.05) is 12.7 Å². The first kappa shape index (κ1) is 31.8. The molecule has 7 rings (SSSR count). The first-order valence-electron chi connectivity index (χ1n) is 16.2. The second-order valence-electron chi connectivity index (χ2n) is 12.5. The zero-order chi connectivity index (χ0) is 33.4. The van der Waals surface area contributed by atoms with E-state index in [0.29, 0.717) is 60.6 Å². The Morgan fingerprint density at radius 3 is 2.88 bits per heavy atom. The van der Waals surface area contributed by atoms with Gasteiger partial charge in [0.2, 0.25) is 5.91 Å². The molecule has 3 aliphatic rings. The summed E-state index contributed by atoms with van der Waals surface area (Å²) in [6.45, 7) is 9.06. The quantitative estimate of drug-likeness (QED) is 0.233. The van der Waals surface area contributed by atoms with E-state index in [4.69, 9.17) is 14.5 Å². The number of amides is 1. The summed E-state index contributed by atoms with van der Waals surface area (Å²) < 4.78 is 14.4. The van der Waals surface area contributed by atoms with Gasteiger partial charge >= 0.3 is 0 Å². The second-order valence-corrected chi connectivity index (χ2v) is 13.1. The van der Waals surface area contributed by atoms with E-state index in [-0.39, 0.29) is 11.9 Å². The molecule has 6 heterocycles. The number of carbonyl (C=O) groups excluding carboxylic acids is 1. The van der Waals surface area contributed by atoms with Gasteiger partial charge in [-0.15, -0.1) is 9.24 Å². The predicted octanol–water partition coefficient (Wildman–Crippen LogP) is 3.81. The van der Waals surface area contributed by atoms with Gasteiger partial charge in [0.25, 0.3) is 0 Å². The van der Waals surface area contributed by atoms with Crippen LogP contribution in [0.5, 0.6) is 17.2 Å². The summed E-state index contributed by atoms with van der Waals surface area (Å²) in [5.74, 6) is 3.43. The highest BCUT2D eigenvalue weighted by atomic mass is 31.0. The molecule has 13 heteroatoms. The lowest BCUT2D eigenvalue weighted by molar-refractivity contribution is -0.129. The van der Waals surface area contributed by atoms with E-state index in [9.17, 15) is 4.79 Å². The SMILES string of the molecule is C=CN=c1cc(Oc2cc(P)c(Nc3ncnc4cc5c(nc34)N3CCN(C(=O)/C=C/C4CCCN4C)C(CO5)C3)cc2C)ccn1C. The molecule has 48 heavy (non-hydrogen) atoms. The number of hydrogen-bond acceptors (Lipinski definition) is 10. The van der Waals surface area contributed by atoms with Crippen molar-refractivity contribution in [3.8, 4) is 17.2 Å². The van der Waals surface area contributed by atoms with Crippen LogP contribution in [0.15, 0.2) is 72.8 Å². The number of aromatic nitrogens is 4. The van der Waals surface area contributed by atoms with Crippen LogP contribution in [0.4, 0.5) is 17.3 Å². The largest absolute Gasteiger partial charge is 0.487 e. The molecule has 3 unspecified atom stereocenters. The number of fused-ring (bicyclic) bond motifs is 5. The number of nitrogens with zero attached hydrogens (tertiary/aromatic N) is 8. The van der Waals surface area contributed by atoms with Crippen LogP contribution >= 0.6 is 9.24 Å². The number of anilines is 3. The van der Waals surface area contributed by atoms with Gasteiger partial charge < -0.3 is 29.2 Å². The van der Waals surface area contributed by atoms with Crippen molar-refractivity contribution < 1.29 is 14.3 Å². The van der Waals surface area contributed by atoms with Crippen LogP contribution in [-0.2, 0) is 11.8 Å². The van der Waals surface area contributed by atoms with Crippen LogP contribution < -0.4 is 30.5 Å². The number of likely N-dealkylation sites (N-methyl/N-ethyl adjacent to an activating group) is 1. The molecule has 0 aliphatic carbocycles. The van der Waals surface area contributed by atoms with Gasteiger partial charge in [0.15, 0.2) is 17.4 Å². The molecule has 0 saturated carbocycles. The Hall–Kier alpha value is -4.80. The van der Waals surface area contributed by atoms with E-state index in [1.165, 1.54) is 18.9 Å². The van der Waals surface area contributed by atoms with Crippen molar-refractivity contribution in [1.29, 1.82) is 0 Å². The number of ether oxygens (including phenoxy) is 2. The van der Waals surface area contributed by atoms with Crippen LogP contribution in [-0.4, -0.2) is 87.1 Å². The summed E-state index contributed by atoms with van der Waals surface area (Å²) in [7, 11) is 6.81. The van der Waals surface area contributed by atoms with Gasteiger partial charge in [-0.05, 0) is 62.4 Å². The Balaban J connectivity index is 1.11. The number of piperazine rings is 1. The molecule has 1 aromatic carbocycles. The fraction of sp³-hybridized carbons (Fsp3) is 0.343. The summed E-state index contributed by atoms with van der Waals surface area (Å²) in [5.41, 5.74) is 3.83. The number of benzene rings is 1. The summed E-state index contributed by atoms with van der Waals surface area (Å²) >= 11 is 0. The zero-order valence-corrected chi connectivity index (χ0v) is 28.6. The Bertz CT molecular complexity index is 1990. The molecule has 0 radical (unpaired) electrons. The fourth-order valence-corrected chi connectivity index (χ4v) is 6.82. The van der Waals surface area contributed by atoms with Crippen molar-refractivity contribution in [2.24, 2.45) is 12.0 Å². The van der Waals surface area contributed by atoms with Gasteiger partial charge in [0.1, 0.15) is 35.4 Å². The summed E-state index contributed by atoms with van der Waals surface area (Å²) in [4.78, 5) is 38.1. The van der Waals surface area contributed by atoms with Crippen molar-refractivity contribution in [2.75, 3.05) is 50.1 Å². The topological polar surface area (TPSA) is 113 Å². The number of pyridine rings is 2. The number of rotatable bonds is 7. The number of nitrogens with one attached hydrogen (secondary N) is 1. The van der Waals surface area contributed by atoms with E-state index < -0.39 is 0 Å². The molecule has 3 atom stereocenters. The average Bonchev–Trinajstić information content (AvgIpc) is 3.44. The number of hydrogen-bond donors (Lipinski definition) is 1. The second kappa shape index (κ2) is 13.4. The predicted molar refractivity (Wildman–Crippen MR) is 190 cm³/mol. The maximum Gasteiger partial charge on any atom is 0.246 e. The molecule has 2 saturated heterocycles. The fourth-order valence-electron chi connectivity index (χ4n) is 6.52. The van der Waals surface area contributed by atoms with Crippen LogP contribution in [0, 0.1) is 6.92 Å². The highest BCUT2D eigenvalue weighted by Gasteiger charge is 2.35. The smallest absolute Gasteiger partial charge is 0.246 e. The minimum absolute atomic E-state index is 0.0377. The molecule has 1 amide bonds. The van der Waals surface area contributed by atoms with E-state index in [0.717, 1.165) is 46.6 Å². The van der Waals surface area contributed by atoms with Gasteiger partial charge in [-0.3, -0.25) is 9.69 Å². The maximum absolute atomic E-state index is 13.3. The normalized spacial score (nSPS) is 19.7. The zero-order valence-electron chi connectivity index (χ0n) is 27.5. The third-order valence-electron chi connectivity index (χ3n) is 9.24. The highest BCUT2D eigenvalue weighted by Crippen LogP contribution is 2.36. The van der Waals surface area contributed by atoms with Crippen LogP contribution in [0.25, 0.3) is 11.0 Å². The highest BCUT2D eigenvalue weighted by molar-refractivity contribution is 7.28. The molecule has 3 aromatic heterocycles. The Kier molecular flexibility index (Phi) is 8.85. The Morgan fingerprint density at radius 2 is 2.06 bits per heavy atom. The molecule has 1 N–H and O–H groups in total. The van der Waals surface area contributed by atoms with Crippen molar-refractivity contribution in [3.63, 3.8) is 0 Å². The van der Waals surface area contributed by atoms with Crippen molar-refractivity contribution in [2.45, 2.75) is 31.8 Å². The monoisotopic (exact) mass is 665 g/mol. The molecular formula is C35H40N9O3P. The summed E-state index contributed by atoms with van der Waals surface area (Å²) in [6, 6.07) is 9.93. The minimum atomic E-state index is -0.0804. The van der Waals surface area contributed by atoms with Crippen molar-refractivity contribution >= 4 is 48.8 Å². The Labute approximate surface area is 282 Å². The van der Waals surface area contributed by atoms with Crippen LogP contribution in [0.3, 0.4) is 0 Å².